The van der Waals surface area contributed by atoms with Gasteiger partial charge in [0.15, 0.2) is 5.79 Å². The minimum atomic E-state index is -1.92. The zero-order valence-electron chi connectivity index (χ0n) is 5.88. The number of rotatable bonds is 2. The molecule has 0 radical (unpaired) electrons. The van der Waals surface area contributed by atoms with Crippen LogP contribution in [0.15, 0.2) is 0 Å². The number of aldehydes is 1. The molecule has 0 aliphatic rings. The Labute approximate surface area is 54.3 Å². The fraction of sp³-hybridized carbons (Fsp3) is 0.833. The van der Waals surface area contributed by atoms with Gasteiger partial charge in [0.25, 0.3) is 0 Å². The van der Waals surface area contributed by atoms with Gasteiger partial charge in [-0.15, -0.1) is 0 Å². The third-order valence-corrected chi connectivity index (χ3v) is 1.52. The van der Waals surface area contributed by atoms with Crippen LogP contribution in [-0.4, -0.2) is 22.3 Å². The largest absolute Gasteiger partial charge is 0.365 e. The lowest BCUT2D eigenvalue weighted by Crippen LogP contribution is -2.42. The lowest BCUT2D eigenvalue weighted by molar-refractivity contribution is -0.210. The third kappa shape index (κ3) is 1.77. The Morgan fingerprint density at radius 2 is 1.56 bits per heavy atom. The van der Waals surface area contributed by atoms with Gasteiger partial charge in [0, 0.05) is 0 Å². The summed E-state index contributed by atoms with van der Waals surface area (Å²) in [6.07, 6.45) is 0.521. The first kappa shape index (κ1) is 8.59. The highest BCUT2D eigenvalue weighted by Gasteiger charge is 2.36. The predicted octanol–water partition coefficient (Wildman–Crippen LogP) is -0.0877. The molecule has 0 aromatic carbocycles. The molecule has 0 rings (SSSR count). The summed E-state index contributed by atoms with van der Waals surface area (Å²) >= 11 is 0. The normalized spacial score (nSPS) is 13.4. The van der Waals surface area contributed by atoms with Gasteiger partial charge in [0.1, 0.15) is 6.29 Å². The van der Waals surface area contributed by atoms with Gasteiger partial charge in [-0.3, -0.25) is 0 Å². The summed E-state index contributed by atoms with van der Waals surface area (Å²) in [5, 5.41) is 17.7. The molecule has 9 heavy (non-hydrogen) atoms. The van der Waals surface area contributed by atoms with Crippen LogP contribution in [0.5, 0.6) is 0 Å². The summed E-state index contributed by atoms with van der Waals surface area (Å²) in [4.78, 5) is 10.2. The maximum atomic E-state index is 10.2. The molecule has 0 saturated heterocycles. The molecule has 0 atom stereocenters. The first-order chi connectivity index (χ1) is 3.81. The number of hydrogen-bond acceptors (Lipinski definition) is 3. The highest BCUT2D eigenvalue weighted by Crippen LogP contribution is 2.24. The molecular formula is C6H12O3. The minimum Gasteiger partial charge on any atom is -0.365 e. The van der Waals surface area contributed by atoms with Crippen LogP contribution in [0, 0.1) is 5.41 Å². The third-order valence-electron chi connectivity index (χ3n) is 1.52. The zero-order valence-corrected chi connectivity index (χ0v) is 5.88. The SMILES string of the molecule is CC(O)(O)C(C)(C)C=O. The Kier molecular flexibility index (Phi) is 1.98. The molecule has 0 aliphatic carbocycles. The average Bonchev–Trinajstić information content (AvgIpc) is 1.64. The van der Waals surface area contributed by atoms with Crippen LogP contribution >= 0.6 is 0 Å². The van der Waals surface area contributed by atoms with Crippen molar-refractivity contribution in [1.29, 1.82) is 0 Å². The summed E-state index contributed by atoms with van der Waals surface area (Å²) in [5.74, 6) is -1.92. The lowest BCUT2D eigenvalue weighted by Gasteiger charge is -2.29. The van der Waals surface area contributed by atoms with Crippen molar-refractivity contribution in [3.63, 3.8) is 0 Å². The molecule has 0 heterocycles. The second-order valence-electron chi connectivity index (χ2n) is 2.86. The van der Waals surface area contributed by atoms with Crippen LogP contribution in [0.2, 0.25) is 0 Å². The van der Waals surface area contributed by atoms with E-state index in [2.05, 4.69) is 0 Å². The Hall–Kier alpha value is -0.410. The van der Waals surface area contributed by atoms with Crippen molar-refractivity contribution in [1.82, 2.24) is 0 Å². The van der Waals surface area contributed by atoms with E-state index in [9.17, 15) is 4.79 Å². The van der Waals surface area contributed by atoms with E-state index < -0.39 is 11.2 Å². The average molecular weight is 132 g/mol. The fourth-order valence-electron chi connectivity index (χ4n) is 0.112. The number of aliphatic hydroxyl groups is 2. The van der Waals surface area contributed by atoms with E-state index in [-0.39, 0.29) is 0 Å². The van der Waals surface area contributed by atoms with E-state index >= 15 is 0 Å². The quantitative estimate of drug-likeness (QED) is 0.408. The van der Waals surface area contributed by atoms with Gasteiger partial charge in [-0.25, -0.2) is 0 Å². The summed E-state index contributed by atoms with van der Waals surface area (Å²) in [5.41, 5.74) is -1.09. The van der Waals surface area contributed by atoms with E-state index in [0.29, 0.717) is 6.29 Å². The Morgan fingerprint density at radius 1 is 1.22 bits per heavy atom. The van der Waals surface area contributed by atoms with Crippen LogP contribution in [0.3, 0.4) is 0 Å². The zero-order chi connectivity index (χ0) is 7.71. The Bertz CT molecular complexity index is 110. The molecule has 0 unspecified atom stereocenters. The first-order valence-corrected chi connectivity index (χ1v) is 2.72. The smallest absolute Gasteiger partial charge is 0.171 e. The van der Waals surface area contributed by atoms with Crippen LogP contribution in [0.4, 0.5) is 0 Å². The maximum Gasteiger partial charge on any atom is 0.171 e. The van der Waals surface area contributed by atoms with E-state index in [4.69, 9.17) is 10.2 Å². The van der Waals surface area contributed by atoms with Crippen molar-refractivity contribution in [3.05, 3.63) is 0 Å². The molecule has 0 aliphatic heterocycles. The van der Waals surface area contributed by atoms with E-state index in [1.807, 2.05) is 0 Å². The summed E-state index contributed by atoms with van der Waals surface area (Å²) < 4.78 is 0. The molecule has 3 nitrogen and oxygen atoms in total. The van der Waals surface area contributed by atoms with Crippen molar-refractivity contribution in [2.45, 2.75) is 26.6 Å². The van der Waals surface area contributed by atoms with E-state index in [1.165, 1.54) is 20.8 Å². The molecule has 0 fully saturated rings. The number of carbonyl (C=O) groups is 1. The molecular weight excluding hydrogens is 120 g/mol. The highest BCUT2D eigenvalue weighted by molar-refractivity contribution is 5.59. The van der Waals surface area contributed by atoms with Crippen LogP contribution in [0.1, 0.15) is 20.8 Å². The van der Waals surface area contributed by atoms with Gasteiger partial charge in [0.05, 0.1) is 5.41 Å². The van der Waals surface area contributed by atoms with Crippen molar-refractivity contribution in [3.8, 4) is 0 Å². The first-order valence-electron chi connectivity index (χ1n) is 2.72. The second-order valence-corrected chi connectivity index (χ2v) is 2.86. The van der Waals surface area contributed by atoms with E-state index in [1.54, 1.807) is 0 Å². The highest BCUT2D eigenvalue weighted by atomic mass is 16.5. The van der Waals surface area contributed by atoms with Gasteiger partial charge in [-0.1, -0.05) is 0 Å². The maximum absolute atomic E-state index is 10.2. The molecule has 0 bridgehead atoms. The number of hydrogen-bond donors (Lipinski definition) is 2. The van der Waals surface area contributed by atoms with E-state index in [0.717, 1.165) is 0 Å². The molecule has 0 aromatic heterocycles. The predicted molar refractivity (Wildman–Crippen MR) is 32.7 cm³/mol. The van der Waals surface area contributed by atoms with Crippen LogP contribution < -0.4 is 0 Å². The minimum absolute atomic E-state index is 0.521. The topological polar surface area (TPSA) is 57.5 Å². The van der Waals surface area contributed by atoms with Gasteiger partial charge < -0.3 is 15.0 Å². The molecule has 0 saturated carbocycles. The monoisotopic (exact) mass is 132 g/mol. The van der Waals surface area contributed by atoms with Crippen LogP contribution in [0.25, 0.3) is 0 Å². The molecule has 0 spiro atoms. The van der Waals surface area contributed by atoms with Gasteiger partial charge >= 0.3 is 0 Å². The molecule has 54 valence electrons. The van der Waals surface area contributed by atoms with Crippen molar-refractivity contribution >= 4 is 6.29 Å². The molecule has 0 aromatic rings. The van der Waals surface area contributed by atoms with Crippen LogP contribution in [-0.2, 0) is 4.79 Å². The Morgan fingerprint density at radius 3 is 1.56 bits per heavy atom. The van der Waals surface area contributed by atoms with Crippen molar-refractivity contribution in [2.24, 2.45) is 5.41 Å². The molecule has 2 N–H and O–H groups in total. The summed E-state index contributed by atoms with van der Waals surface area (Å²) in [6, 6.07) is 0. The Balaban J connectivity index is 4.32. The lowest BCUT2D eigenvalue weighted by atomic mass is 9.86. The second kappa shape index (κ2) is 2.08. The van der Waals surface area contributed by atoms with Crippen molar-refractivity contribution in [2.75, 3.05) is 0 Å². The van der Waals surface area contributed by atoms with Crippen molar-refractivity contribution < 1.29 is 15.0 Å². The van der Waals surface area contributed by atoms with Gasteiger partial charge in [-0.05, 0) is 20.8 Å². The van der Waals surface area contributed by atoms with Gasteiger partial charge in [-0.2, -0.15) is 0 Å². The summed E-state index contributed by atoms with van der Waals surface area (Å²) in [6.45, 7) is 4.10. The number of carbonyl (C=O) groups excluding carboxylic acids is 1. The fourth-order valence-corrected chi connectivity index (χ4v) is 0.112. The standard InChI is InChI=1S/C6H12O3/c1-5(2,4-7)6(3,8)9/h4,8-9H,1-3H3. The van der Waals surface area contributed by atoms with Gasteiger partial charge in [0.2, 0.25) is 0 Å². The molecule has 3 heteroatoms. The molecule has 0 amide bonds. The summed E-state index contributed by atoms with van der Waals surface area (Å²) in [7, 11) is 0.